The third-order valence-corrected chi connectivity index (χ3v) is 4.23. The molecule has 0 bridgehead atoms. The van der Waals surface area contributed by atoms with Crippen molar-refractivity contribution < 1.29 is 9.18 Å². The van der Waals surface area contributed by atoms with Gasteiger partial charge in [-0.1, -0.05) is 41.9 Å². The molecule has 0 unspecified atom stereocenters. The Morgan fingerprint density at radius 2 is 1.86 bits per heavy atom. The molecule has 1 amide bonds. The predicted octanol–water partition coefficient (Wildman–Crippen LogP) is 5.16. The van der Waals surface area contributed by atoms with Gasteiger partial charge in [0, 0.05) is 4.47 Å². The van der Waals surface area contributed by atoms with Crippen molar-refractivity contribution in [3.8, 4) is 0 Å². The van der Waals surface area contributed by atoms with Crippen LogP contribution >= 0.6 is 27.5 Å². The second-order valence-corrected chi connectivity index (χ2v) is 6.45. The number of carbonyl (C=O) groups is 1. The van der Waals surface area contributed by atoms with Crippen molar-refractivity contribution in [2.75, 3.05) is 5.32 Å². The average Bonchev–Trinajstić information content (AvgIpc) is 2.43. The molecule has 0 aliphatic carbocycles. The average molecular weight is 371 g/mol. The smallest absolute Gasteiger partial charge is 0.234 e. The van der Waals surface area contributed by atoms with Crippen molar-refractivity contribution in [1.29, 1.82) is 0 Å². The molecule has 0 heterocycles. The van der Waals surface area contributed by atoms with Crippen LogP contribution in [0.4, 0.5) is 10.1 Å². The van der Waals surface area contributed by atoms with Crippen LogP contribution in [0.1, 0.15) is 19.4 Å². The molecule has 2 nitrogen and oxygen atoms in total. The number of hydrogen-bond acceptors (Lipinski definition) is 1. The topological polar surface area (TPSA) is 29.1 Å². The second-order valence-electron chi connectivity index (χ2n) is 5.19. The Hall–Kier alpha value is -1.39. The third-order valence-electron chi connectivity index (χ3n) is 3.31. The molecule has 2 aromatic rings. The van der Waals surface area contributed by atoms with Gasteiger partial charge in [0.2, 0.25) is 5.91 Å². The van der Waals surface area contributed by atoms with E-state index in [1.165, 1.54) is 6.07 Å². The third kappa shape index (κ3) is 3.44. The summed E-state index contributed by atoms with van der Waals surface area (Å²) < 4.78 is 13.6. The lowest BCUT2D eigenvalue weighted by molar-refractivity contribution is -0.120. The van der Waals surface area contributed by atoms with Crippen LogP contribution in [-0.2, 0) is 10.2 Å². The minimum Gasteiger partial charge on any atom is -0.323 e. The summed E-state index contributed by atoms with van der Waals surface area (Å²) in [6.45, 7) is 3.64. The number of anilines is 1. The van der Waals surface area contributed by atoms with Crippen molar-refractivity contribution in [2.45, 2.75) is 19.3 Å². The van der Waals surface area contributed by atoms with Crippen LogP contribution in [0.5, 0.6) is 0 Å². The quantitative estimate of drug-likeness (QED) is 0.794. The number of amides is 1. The number of carbonyl (C=O) groups excluding carboxylic acids is 1. The first-order valence-electron chi connectivity index (χ1n) is 6.34. The van der Waals surface area contributed by atoms with Crippen molar-refractivity contribution in [3.05, 3.63) is 63.3 Å². The second kappa shape index (κ2) is 6.16. The maximum atomic E-state index is 13.2. The zero-order valence-corrected chi connectivity index (χ0v) is 13.9. The van der Waals surface area contributed by atoms with Gasteiger partial charge in [-0.2, -0.15) is 0 Å². The Bertz CT molecular complexity index is 650. The van der Waals surface area contributed by atoms with Gasteiger partial charge in [-0.25, -0.2) is 4.39 Å². The Kier molecular flexibility index (Phi) is 4.69. The number of benzene rings is 2. The fourth-order valence-corrected chi connectivity index (χ4v) is 2.82. The van der Waals surface area contributed by atoms with E-state index in [9.17, 15) is 9.18 Å². The first kappa shape index (κ1) is 16.0. The fraction of sp³-hybridized carbons (Fsp3) is 0.188. The molecular weight excluding hydrogens is 357 g/mol. The standard InChI is InChI=1S/C16H14BrClFNO/c1-16(2,10-6-4-3-5-7-10)15(21)20-14-12(17)8-11(19)9-13(14)18/h3-9H,1-2H3,(H,20,21). The minimum absolute atomic E-state index is 0.152. The van der Waals surface area contributed by atoms with Gasteiger partial charge in [-0.3, -0.25) is 4.79 Å². The number of nitrogens with one attached hydrogen (secondary N) is 1. The Labute approximate surface area is 136 Å². The summed E-state index contributed by atoms with van der Waals surface area (Å²) >= 11 is 9.20. The summed E-state index contributed by atoms with van der Waals surface area (Å²) in [6.07, 6.45) is 0. The molecule has 0 spiro atoms. The van der Waals surface area contributed by atoms with Crippen molar-refractivity contribution in [2.24, 2.45) is 0 Å². The van der Waals surface area contributed by atoms with E-state index < -0.39 is 11.2 Å². The Balaban J connectivity index is 2.30. The molecule has 0 aliphatic heterocycles. The van der Waals surface area contributed by atoms with Gasteiger partial charge in [0.15, 0.2) is 0 Å². The van der Waals surface area contributed by atoms with E-state index in [4.69, 9.17) is 11.6 Å². The summed E-state index contributed by atoms with van der Waals surface area (Å²) in [6, 6.07) is 11.9. The molecule has 0 fully saturated rings. The Morgan fingerprint density at radius 3 is 2.43 bits per heavy atom. The first-order chi connectivity index (χ1) is 9.82. The van der Waals surface area contributed by atoms with Crippen molar-refractivity contribution in [1.82, 2.24) is 0 Å². The maximum Gasteiger partial charge on any atom is 0.234 e. The molecule has 2 aromatic carbocycles. The van der Waals surface area contributed by atoms with Gasteiger partial charge < -0.3 is 5.32 Å². The van der Waals surface area contributed by atoms with Gasteiger partial charge in [0.05, 0.1) is 16.1 Å². The highest BCUT2D eigenvalue weighted by molar-refractivity contribution is 9.10. The molecule has 1 N–H and O–H groups in total. The van der Waals surface area contributed by atoms with E-state index in [-0.39, 0.29) is 10.9 Å². The van der Waals surface area contributed by atoms with E-state index in [0.717, 1.165) is 11.6 Å². The zero-order chi connectivity index (χ0) is 15.6. The molecule has 21 heavy (non-hydrogen) atoms. The van der Waals surface area contributed by atoms with Crippen LogP contribution in [0.3, 0.4) is 0 Å². The molecule has 110 valence electrons. The molecule has 0 radical (unpaired) electrons. The molecular formula is C16H14BrClFNO. The molecule has 2 rings (SSSR count). The Morgan fingerprint density at radius 1 is 1.24 bits per heavy atom. The number of rotatable bonds is 3. The molecule has 5 heteroatoms. The lowest BCUT2D eigenvalue weighted by Crippen LogP contribution is -2.34. The fourth-order valence-electron chi connectivity index (χ4n) is 1.92. The van der Waals surface area contributed by atoms with Crippen LogP contribution in [0.2, 0.25) is 5.02 Å². The summed E-state index contributed by atoms with van der Waals surface area (Å²) in [5.41, 5.74) is 0.516. The molecule has 0 aromatic heterocycles. The van der Waals surface area contributed by atoms with Crippen LogP contribution < -0.4 is 5.32 Å². The highest BCUT2D eigenvalue weighted by Crippen LogP contribution is 2.33. The van der Waals surface area contributed by atoms with Gasteiger partial charge in [-0.05, 0) is 47.5 Å². The molecule has 0 saturated carbocycles. The SMILES string of the molecule is CC(C)(C(=O)Nc1c(Cl)cc(F)cc1Br)c1ccccc1. The highest BCUT2D eigenvalue weighted by atomic mass is 79.9. The van der Waals surface area contributed by atoms with E-state index in [0.29, 0.717) is 10.2 Å². The predicted molar refractivity (Wildman–Crippen MR) is 87.2 cm³/mol. The summed E-state index contributed by atoms with van der Waals surface area (Å²) in [4.78, 5) is 12.5. The van der Waals surface area contributed by atoms with Crippen molar-refractivity contribution >= 4 is 39.1 Å². The van der Waals surface area contributed by atoms with Gasteiger partial charge in [0.25, 0.3) is 0 Å². The van der Waals surface area contributed by atoms with Gasteiger partial charge in [-0.15, -0.1) is 0 Å². The van der Waals surface area contributed by atoms with Crippen LogP contribution in [0.25, 0.3) is 0 Å². The van der Waals surface area contributed by atoms with Gasteiger partial charge >= 0.3 is 0 Å². The summed E-state index contributed by atoms with van der Waals surface area (Å²) in [5, 5.41) is 2.91. The van der Waals surface area contributed by atoms with Crippen LogP contribution in [0, 0.1) is 5.82 Å². The number of halogens is 3. The largest absolute Gasteiger partial charge is 0.323 e. The first-order valence-corrected chi connectivity index (χ1v) is 7.51. The molecule has 0 atom stereocenters. The van der Waals surface area contributed by atoms with E-state index >= 15 is 0 Å². The van der Waals surface area contributed by atoms with Crippen molar-refractivity contribution in [3.63, 3.8) is 0 Å². The van der Waals surface area contributed by atoms with E-state index in [1.54, 1.807) is 0 Å². The zero-order valence-electron chi connectivity index (χ0n) is 11.6. The maximum absolute atomic E-state index is 13.2. The lowest BCUT2D eigenvalue weighted by Gasteiger charge is -2.24. The minimum atomic E-state index is -0.738. The van der Waals surface area contributed by atoms with Crippen LogP contribution in [-0.4, -0.2) is 5.91 Å². The summed E-state index contributed by atoms with van der Waals surface area (Å²) in [5.74, 6) is -0.685. The molecule has 0 saturated heterocycles. The monoisotopic (exact) mass is 369 g/mol. The highest BCUT2D eigenvalue weighted by Gasteiger charge is 2.30. The lowest BCUT2D eigenvalue weighted by atomic mass is 9.83. The van der Waals surface area contributed by atoms with E-state index in [1.807, 2.05) is 44.2 Å². The number of hydrogen-bond donors (Lipinski definition) is 1. The van der Waals surface area contributed by atoms with E-state index in [2.05, 4.69) is 21.2 Å². The normalized spacial score (nSPS) is 11.3. The van der Waals surface area contributed by atoms with Crippen LogP contribution in [0.15, 0.2) is 46.9 Å². The molecule has 0 aliphatic rings. The van der Waals surface area contributed by atoms with Gasteiger partial charge in [0.1, 0.15) is 5.82 Å². The summed E-state index contributed by atoms with van der Waals surface area (Å²) in [7, 11) is 0.